The average molecular weight is 411 g/mol. The van der Waals surface area contributed by atoms with Crippen LogP contribution in [0.2, 0.25) is 0 Å². The van der Waals surface area contributed by atoms with E-state index in [4.69, 9.17) is 0 Å². The van der Waals surface area contributed by atoms with Crippen LogP contribution >= 0.6 is 0 Å². The molecular formula is C27H17N5. The van der Waals surface area contributed by atoms with Gasteiger partial charge in [-0.2, -0.15) is 0 Å². The Balaban J connectivity index is 1.55. The predicted octanol–water partition coefficient (Wildman–Crippen LogP) is 6.07. The molecule has 32 heavy (non-hydrogen) atoms. The molecule has 0 amide bonds. The van der Waals surface area contributed by atoms with Crippen molar-refractivity contribution in [2.75, 3.05) is 0 Å². The Kier molecular flexibility index (Phi) is 3.49. The van der Waals surface area contributed by atoms with Crippen molar-refractivity contribution in [1.29, 1.82) is 0 Å². The smallest absolute Gasteiger partial charge is 0.0963 e. The molecule has 5 nitrogen and oxygen atoms in total. The van der Waals surface area contributed by atoms with Crippen molar-refractivity contribution in [1.82, 2.24) is 24.1 Å². The Labute approximate surface area is 183 Å². The lowest BCUT2D eigenvalue weighted by Gasteiger charge is -2.11. The molecule has 0 aliphatic rings. The Hall–Kier alpha value is -4.51. The first-order valence-corrected chi connectivity index (χ1v) is 10.5. The summed E-state index contributed by atoms with van der Waals surface area (Å²) in [5.41, 5.74) is 8.35. The normalized spacial score (nSPS) is 11.8. The molecule has 0 bridgehead atoms. The monoisotopic (exact) mass is 411 g/mol. The molecule has 0 radical (unpaired) electrons. The molecule has 5 heterocycles. The third kappa shape index (κ3) is 2.30. The maximum atomic E-state index is 4.65. The zero-order valence-corrected chi connectivity index (χ0v) is 17.1. The van der Waals surface area contributed by atoms with Crippen LogP contribution in [0.15, 0.2) is 104 Å². The molecule has 5 heteroatoms. The van der Waals surface area contributed by atoms with Gasteiger partial charge in [0.05, 0.1) is 56.9 Å². The fourth-order valence-electron chi connectivity index (χ4n) is 4.78. The second-order valence-electron chi connectivity index (χ2n) is 7.85. The lowest BCUT2D eigenvalue weighted by molar-refractivity contribution is 1.09. The van der Waals surface area contributed by atoms with Gasteiger partial charge in [0.25, 0.3) is 0 Å². The summed E-state index contributed by atoms with van der Waals surface area (Å²) in [6.45, 7) is 0. The van der Waals surface area contributed by atoms with E-state index >= 15 is 0 Å². The van der Waals surface area contributed by atoms with Gasteiger partial charge in [-0.25, -0.2) is 0 Å². The minimum atomic E-state index is 0.995. The highest BCUT2D eigenvalue weighted by atomic mass is 15.0. The van der Waals surface area contributed by atoms with Crippen molar-refractivity contribution < 1.29 is 0 Å². The molecular weight excluding hydrogens is 394 g/mol. The van der Waals surface area contributed by atoms with E-state index in [0.717, 1.165) is 55.2 Å². The summed E-state index contributed by atoms with van der Waals surface area (Å²) in [5.74, 6) is 0. The molecule has 0 spiro atoms. The molecule has 0 saturated carbocycles. The quantitative estimate of drug-likeness (QED) is 0.347. The Bertz CT molecular complexity index is 1560. The van der Waals surface area contributed by atoms with Gasteiger partial charge in [-0.3, -0.25) is 15.0 Å². The number of nitrogens with zero attached hydrogens (tertiary/aromatic N) is 5. The van der Waals surface area contributed by atoms with Gasteiger partial charge >= 0.3 is 0 Å². The van der Waals surface area contributed by atoms with Gasteiger partial charge in [0.1, 0.15) is 0 Å². The maximum absolute atomic E-state index is 4.65. The van der Waals surface area contributed by atoms with E-state index < -0.39 is 0 Å². The molecule has 150 valence electrons. The van der Waals surface area contributed by atoms with Gasteiger partial charge in [-0.1, -0.05) is 36.4 Å². The molecule has 5 aromatic heterocycles. The summed E-state index contributed by atoms with van der Waals surface area (Å²) >= 11 is 0. The molecule has 7 aromatic rings. The van der Waals surface area contributed by atoms with Crippen molar-refractivity contribution in [3.05, 3.63) is 104 Å². The second-order valence-corrected chi connectivity index (χ2v) is 7.85. The molecule has 0 aliphatic carbocycles. The van der Waals surface area contributed by atoms with Crippen LogP contribution in [0.3, 0.4) is 0 Å². The zero-order valence-electron chi connectivity index (χ0n) is 17.1. The first kappa shape index (κ1) is 17.2. The summed E-state index contributed by atoms with van der Waals surface area (Å²) in [6.07, 6.45) is 7.51. The topological polar surface area (TPSA) is 48.5 Å². The van der Waals surface area contributed by atoms with E-state index in [2.05, 4.69) is 90.8 Å². The number of aromatic nitrogens is 5. The first-order chi connectivity index (χ1) is 15.9. The molecule has 7 rings (SSSR count). The minimum Gasteiger partial charge on any atom is -0.306 e. The van der Waals surface area contributed by atoms with Gasteiger partial charge in [0, 0.05) is 23.2 Å². The Morgan fingerprint density at radius 3 is 1.50 bits per heavy atom. The van der Waals surface area contributed by atoms with E-state index in [1.165, 1.54) is 0 Å². The number of fused-ring (bicyclic) bond motifs is 6. The average Bonchev–Trinajstić information content (AvgIpc) is 3.37. The minimum absolute atomic E-state index is 0.995. The van der Waals surface area contributed by atoms with E-state index in [9.17, 15) is 0 Å². The van der Waals surface area contributed by atoms with E-state index in [1.54, 1.807) is 0 Å². The standard InChI is InChI=1S/C27H17N5/c1-3-9-22-20(7-1)26-24(11-5-13-29-26)31(22)18-15-19(17-28-16-18)32-23-10-4-2-8-21(23)27-25(32)12-6-14-30-27/h1-17H. The number of benzene rings is 2. The Morgan fingerprint density at radius 2 is 0.969 bits per heavy atom. The van der Waals surface area contributed by atoms with Crippen LogP contribution in [0, 0.1) is 0 Å². The highest BCUT2D eigenvalue weighted by Gasteiger charge is 2.16. The molecule has 2 aromatic carbocycles. The lowest BCUT2D eigenvalue weighted by atomic mass is 10.2. The predicted molar refractivity (Wildman–Crippen MR) is 129 cm³/mol. The number of rotatable bonds is 2. The van der Waals surface area contributed by atoms with Crippen LogP contribution in [-0.4, -0.2) is 24.1 Å². The fourth-order valence-corrected chi connectivity index (χ4v) is 4.78. The summed E-state index contributed by atoms with van der Waals surface area (Å²) < 4.78 is 4.47. The molecule has 0 saturated heterocycles. The van der Waals surface area contributed by atoms with Crippen LogP contribution in [0.1, 0.15) is 0 Å². The van der Waals surface area contributed by atoms with Gasteiger partial charge in [0.2, 0.25) is 0 Å². The number of hydrogen-bond donors (Lipinski definition) is 0. The van der Waals surface area contributed by atoms with Crippen LogP contribution < -0.4 is 0 Å². The van der Waals surface area contributed by atoms with Gasteiger partial charge in [-0.15, -0.1) is 0 Å². The summed E-state index contributed by atoms with van der Waals surface area (Å²) in [4.78, 5) is 14.0. The van der Waals surface area contributed by atoms with Crippen molar-refractivity contribution in [3.63, 3.8) is 0 Å². The highest BCUT2D eigenvalue weighted by Crippen LogP contribution is 2.33. The number of pyridine rings is 3. The zero-order chi connectivity index (χ0) is 21.1. The number of hydrogen-bond acceptors (Lipinski definition) is 3. The summed E-state index contributed by atoms with van der Waals surface area (Å²) in [7, 11) is 0. The third-order valence-electron chi connectivity index (χ3n) is 6.08. The van der Waals surface area contributed by atoms with E-state index in [1.807, 2.05) is 36.9 Å². The Morgan fingerprint density at radius 1 is 0.500 bits per heavy atom. The largest absolute Gasteiger partial charge is 0.306 e. The molecule has 0 aliphatic heterocycles. The number of para-hydroxylation sites is 2. The molecule has 0 atom stereocenters. The second kappa shape index (κ2) is 6.49. The van der Waals surface area contributed by atoms with Gasteiger partial charge < -0.3 is 9.13 Å². The molecule has 0 unspecified atom stereocenters. The first-order valence-electron chi connectivity index (χ1n) is 10.5. The summed E-state index contributed by atoms with van der Waals surface area (Å²) in [5, 5.41) is 2.27. The van der Waals surface area contributed by atoms with Crippen molar-refractivity contribution in [2.45, 2.75) is 0 Å². The third-order valence-corrected chi connectivity index (χ3v) is 6.08. The highest BCUT2D eigenvalue weighted by molar-refractivity contribution is 6.08. The van der Waals surface area contributed by atoms with Crippen LogP contribution in [0.4, 0.5) is 0 Å². The van der Waals surface area contributed by atoms with Crippen LogP contribution in [0.5, 0.6) is 0 Å². The van der Waals surface area contributed by atoms with E-state index in [0.29, 0.717) is 0 Å². The summed E-state index contributed by atoms with van der Waals surface area (Å²) in [6, 6.07) is 27.1. The van der Waals surface area contributed by atoms with E-state index in [-0.39, 0.29) is 0 Å². The van der Waals surface area contributed by atoms with Gasteiger partial charge in [0.15, 0.2) is 0 Å². The van der Waals surface area contributed by atoms with Crippen molar-refractivity contribution in [2.24, 2.45) is 0 Å². The van der Waals surface area contributed by atoms with Crippen LogP contribution in [0.25, 0.3) is 55.2 Å². The SMILES string of the molecule is c1ccc2c(c1)c1ncccc1n2-c1cncc(-n2c3ccccc3c3ncccc32)c1. The lowest BCUT2D eigenvalue weighted by Crippen LogP contribution is -2.00. The van der Waals surface area contributed by atoms with Crippen molar-refractivity contribution in [3.8, 4) is 11.4 Å². The van der Waals surface area contributed by atoms with Gasteiger partial charge in [-0.05, 0) is 42.5 Å². The fraction of sp³-hybridized carbons (Fsp3) is 0. The molecule has 0 N–H and O–H groups in total. The molecule has 0 fully saturated rings. The van der Waals surface area contributed by atoms with Crippen molar-refractivity contribution >= 4 is 43.9 Å². The maximum Gasteiger partial charge on any atom is 0.0963 e. The van der Waals surface area contributed by atoms with Crippen LogP contribution in [-0.2, 0) is 0 Å².